The van der Waals surface area contributed by atoms with Crippen LogP contribution in [-0.4, -0.2) is 43.3 Å². The molecule has 0 saturated heterocycles. The van der Waals surface area contributed by atoms with Crippen molar-refractivity contribution in [3.63, 3.8) is 0 Å². The highest BCUT2D eigenvalue weighted by Crippen LogP contribution is 2.32. The van der Waals surface area contributed by atoms with Gasteiger partial charge in [0.15, 0.2) is 0 Å². The standard InChI is InChI=1S/C12H16F2N2O3S/c1-2-19-12-6-5-10(7-15-12)20(17,18)16(8-11(13)14)9-3-4-9/h5-7,9,11H,2-4,8H2,1H3. The zero-order chi connectivity index (χ0) is 14.8. The molecule has 1 aromatic heterocycles. The van der Waals surface area contributed by atoms with Crippen LogP contribution in [0.2, 0.25) is 0 Å². The molecule has 1 aromatic rings. The number of rotatable bonds is 7. The minimum atomic E-state index is -3.93. The Morgan fingerprint density at radius 2 is 2.15 bits per heavy atom. The van der Waals surface area contributed by atoms with Crippen LogP contribution in [0.5, 0.6) is 5.88 Å². The van der Waals surface area contributed by atoms with Gasteiger partial charge in [-0.25, -0.2) is 22.2 Å². The van der Waals surface area contributed by atoms with E-state index < -0.39 is 23.0 Å². The fraction of sp³-hybridized carbons (Fsp3) is 0.583. The molecule has 20 heavy (non-hydrogen) atoms. The minimum absolute atomic E-state index is 0.0893. The number of hydrogen-bond donors (Lipinski definition) is 0. The van der Waals surface area contributed by atoms with Crippen molar-refractivity contribution >= 4 is 10.0 Å². The summed E-state index contributed by atoms with van der Waals surface area (Å²) >= 11 is 0. The first-order chi connectivity index (χ1) is 9.45. The molecule has 5 nitrogen and oxygen atoms in total. The lowest BCUT2D eigenvalue weighted by Crippen LogP contribution is -2.37. The SMILES string of the molecule is CCOc1ccc(S(=O)(=O)N(CC(F)F)C2CC2)cn1. The number of ether oxygens (including phenoxy) is 1. The number of alkyl halides is 2. The maximum atomic E-state index is 12.5. The molecule has 0 unspecified atom stereocenters. The van der Waals surface area contributed by atoms with Crippen LogP contribution in [0.3, 0.4) is 0 Å². The van der Waals surface area contributed by atoms with Gasteiger partial charge in [-0.05, 0) is 25.8 Å². The molecule has 0 radical (unpaired) electrons. The first-order valence-corrected chi connectivity index (χ1v) is 7.78. The molecule has 1 aliphatic rings. The van der Waals surface area contributed by atoms with Crippen molar-refractivity contribution in [1.82, 2.24) is 9.29 Å². The smallest absolute Gasteiger partial charge is 0.252 e. The quantitative estimate of drug-likeness (QED) is 0.772. The molecule has 0 aliphatic heterocycles. The number of pyridine rings is 1. The summed E-state index contributed by atoms with van der Waals surface area (Å²) in [6.45, 7) is 1.42. The average molecular weight is 306 g/mol. The Hall–Kier alpha value is -1.28. The highest BCUT2D eigenvalue weighted by atomic mass is 32.2. The zero-order valence-electron chi connectivity index (χ0n) is 11.0. The third-order valence-corrected chi connectivity index (χ3v) is 4.78. The Labute approximate surface area is 116 Å². The second-order valence-corrected chi connectivity index (χ2v) is 6.35. The van der Waals surface area contributed by atoms with Crippen molar-refractivity contribution in [2.45, 2.75) is 37.1 Å². The lowest BCUT2D eigenvalue weighted by atomic mass is 10.5. The molecule has 1 heterocycles. The van der Waals surface area contributed by atoms with E-state index in [1.165, 1.54) is 12.1 Å². The Balaban J connectivity index is 2.23. The lowest BCUT2D eigenvalue weighted by Gasteiger charge is -2.21. The summed E-state index contributed by atoms with van der Waals surface area (Å²) in [6.07, 6.45) is -0.311. The van der Waals surface area contributed by atoms with Gasteiger partial charge < -0.3 is 4.74 Å². The number of hydrogen-bond acceptors (Lipinski definition) is 4. The summed E-state index contributed by atoms with van der Waals surface area (Å²) in [6, 6.07) is 2.43. The van der Waals surface area contributed by atoms with E-state index in [1.54, 1.807) is 6.92 Å². The van der Waals surface area contributed by atoms with Gasteiger partial charge in [0.1, 0.15) is 4.90 Å². The van der Waals surface area contributed by atoms with E-state index in [0.29, 0.717) is 25.3 Å². The summed E-state index contributed by atoms with van der Waals surface area (Å²) in [5.41, 5.74) is 0. The molecule has 0 bridgehead atoms. The van der Waals surface area contributed by atoms with E-state index in [-0.39, 0.29) is 10.9 Å². The topological polar surface area (TPSA) is 59.5 Å². The maximum absolute atomic E-state index is 12.5. The van der Waals surface area contributed by atoms with Crippen LogP contribution in [-0.2, 0) is 10.0 Å². The first kappa shape index (κ1) is 15.1. The van der Waals surface area contributed by atoms with Crippen LogP contribution in [0.4, 0.5) is 8.78 Å². The molecule has 1 aliphatic carbocycles. The highest BCUT2D eigenvalue weighted by Gasteiger charge is 2.39. The average Bonchev–Trinajstić information content (AvgIpc) is 3.21. The van der Waals surface area contributed by atoms with Gasteiger partial charge >= 0.3 is 0 Å². The van der Waals surface area contributed by atoms with Gasteiger partial charge in [-0.1, -0.05) is 0 Å². The Morgan fingerprint density at radius 3 is 2.60 bits per heavy atom. The van der Waals surface area contributed by atoms with Crippen LogP contribution in [0.25, 0.3) is 0 Å². The van der Waals surface area contributed by atoms with Crippen LogP contribution < -0.4 is 4.74 Å². The predicted molar refractivity (Wildman–Crippen MR) is 68.3 cm³/mol. The van der Waals surface area contributed by atoms with Crippen LogP contribution >= 0.6 is 0 Å². The number of sulfonamides is 1. The highest BCUT2D eigenvalue weighted by molar-refractivity contribution is 7.89. The second-order valence-electron chi connectivity index (χ2n) is 4.46. The number of nitrogens with zero attached hydrogens (tertiary/aromatic N) is 2. The monoisotopic (exact) mass is 306 g/mol. The van der Waals surface area contributed by atoms with E-state index in [4.69, 9.17) is 4.74 Å². The molecule has 8 heteroatoms. The summed E-state index contributed by atoms with van der Waals surface area (Å²) in [7, 11) is -3.93. The molecule has 112 valence electrons. The second kappa shape index (κ2) is 6.01. The summed E-state index contributed by atoms with van der Waals surface area (Å²) in [4.78, 5) is 3.77. The number of halogens is 2. The summed E-state index contributed by atoms with van der Waals surface area (Å²) in [5, 5.41) is 0. The lowest BCUT2D eigenvalue weighted by molar-refractivity contribution is 0.117. The predicted octanol–water partition coefficient (Wildman–Crippen LogP) is 1.90. The van der Waals surface area contributed by atoms with Gasteiger partial charge in [-0.2, -0.15) is 4.31 Å². The van der Waals surface area contributed by atoms with E-state index in [1.807, 2.05) is 0 Å². The van der Waals surface area contributed by atoms with Crippen LogP contribution in [0.1, 0.15) is 19.8 Å². The van der Waals surface area contributed by atoms with Crippen molar-refractivity contribution in [3.8, 4) is 5.88 Å². The summed E-state index contributed by atoms with van der Waals surface area (Å²) in [5.74, 6) is 0.304. The molecule has 2 rings (SSSR count). The van der Waals surface area contributed by atoms with E-state index in [9.17, 15) is 17.2 Å². The Morgan fingerprint density at radius 1 is 1.45 bits per heavy atom. The maximum Gasteiger partial charge on any atom is 0.252 e. The Bertz CT molecular complexity index is 544. The fourth-order valence-corrected chi connectivity index (χ4v) is 3.44. The molecule has 0 spiro atoms. The molecular weight excluding hydrogens is 290 g/mol. The summed E-state index contributed by atoms with van der Waals surface area (Å²) < 4.78 is 55.7. The zero-order valence-corrected chi connectivity index (χ0v) is 11.8. The molecule has 0 aromatic carbocycles. The van der Waals surface area contributed by atoms with Crippen LogP contribution in [0, 0.1) is 0 Å². The van der Waals surface area contributed by atoms with E-state index in [2.05, 4.69) is 4.98 Å². The van der Waals surface area contributed by atoms with Crippen molar-refractivity contribution in [2.75, 3.05) is 13.2 Å². The molecule has 1 fully saturated rings. The molecule has 1 saturated carbocycles. The van der Waals surface area contributed by atoms with Crippen LogP contribution in [0.15, 0.2) is 23.2 Å². The van der Waals surface area contributed by atoms with Crippen molar-refractivity contribution < 1.29 is 21.9 Å². The van der Waals surface area contributed by atoms with Gasteiger partial charge in [0.05, 0.1) is 19.3 Å². The minimum Gasteiger partial charge on any atom is -0.478 e. The molecule has 0 atom stereocenters. The van der Waals surface area contributed by atoms with Gasteiger partial charge in [0.2, 0.25) is 15.9 Å². The third kappa shape index (κ3) is 3.43. The third-order valence-electron chi connectivity index (χ3n) is 2.88. The van der Waals surface area contributed by atoms with Gasteiger partial charge in [0, 0.05) is 12.1 Å². The van der Waals surface area contributed by atoms with Crippen molar-refractivity contribution in [3.05, 3.63) is 18.3 Å². The van der Waals surface area contributed by atoms with E-state index >= 15 is 0 Å². The Kier molecular flexibility index (Phi) is 4.54. The molecule has 0 amide bonds. The normalized spacial score (nSPS) is 15.8. The van der Waals surface area contributed by atoms with Crippen molar-refractivity contribution in [2.24, 2.45) is 0 Å². The van der Waals surface area contributed by atoms with E-state index in [0.717, 1.165) is 10.5 Å². The van der Waals surface area contributed by atoms with Crippen molar-refractivity contribution in [1.29, 1.82) is 0 Å². The largest absolute Gasteiger partial charge is 0.478 e. The molecule has 0 N–H and O–H groups in total. The number of aromatic nitrogens is 1. The molecular formula is C12H16F2N2O3S. The van der Waals surface area contributed by atoms with Gasteiger partial charge in [0.25, 0.3) is 6.43 Å². The van der Waals surface area contributed by atoms with Gasteiger partial charge in [-0.3, -0.25) is 0 Å². The van der Waals surface area contributed by atoms with Gasteiger partial charge in [-0.15, -0.1) is 0 Å². The first-order valence-electron chi connectivity index (χ1n) is 6.34. The fourth-order valence-electron chi connectivity index (χ4n) is 1.83.